The molecule has 2 aliphatic rings. The highest BCUT2D eigenvalue weighted by molar-refractivity contribution is 7.98. The van der Waals surface area contributed by atoms with Crippen LogP contribution in [-0.4, -0.2) is 67.5 Å². The molecule has 2 aliphatic heterocycles. The van der Waals surface area contributed by atoms with Crippen LogP contribution >= 0.6 is 23.4 Å². The van der Waals surface area contributed by atoms with Crippen LogP contribution in [0, 0.1) is 0 Å². The van der Waals surface area contributed by atoms with E-state index in [2.05, 4.69) is 0 Å². The summed E-state index contributed by atoms with van der Waals surface area (Å²) in [6.07, 6.45) is -3.83. The number of aliphatic hydroxyl groups is 1. The fraction of sp³-hybridized carbons (Fsp3) is 0.405. The fourth-order valence-corrected chi connectivity index (χ4v) is 7.16. The molecule has 1 fully saturated rings. The highest BCUT2D eigenvalue weighted by atomic mass is 35.5. The van der Waals surface area contributed by atoms with E-state index >= 15 is 0 Å². The lowest BCUT2D eigenvalue weighted by atomic mass is 9.94. The predicted molar refractivity (Wildman–Crippen MR) is 191 cm³/mol. The lowest BCUT2D eigenvalue weighted by Gasteiger charge is -2.34. The first-order valence-electron chi connectivity index (χ1n) is 16.4. The molecule has 0 radical (unpaired) electrons. The minimum Gasteiger partial charge on any atom is -0.497 e. The number of halogens is 4. The van der Waals surface area contributed by atoms with Gasteiger partial charge in [0, 0.05) is 37.3 Å². The minimum atomic E-state index is -4.75. The standard InChI is InChI=1S/C37H40ClF3N4O5S/c1-36(46)21-44(13-14-49-22-36)34-29-20-50-32(17-31(29)42-35(43-34)51-4)28-15-25(16-30(38)33(28)37(39,40)41)45(18-23-5-9-26(47-2)10-6-23)19-24-7-11-27(48-3)12-8-24/h5-12,15-16,32,46H,13-14,17-22H2,1-4H3/t32?,36-/m0/s1. The topological polar surface area (TPSA) is 89.4 Å². The molecule has 14 heteroatoms. The maximum absolute atomic E-state index is 14.8. The van der Waals surface area contributed by atoms with E-state index in [1.807, 2.05) is 64.6 Å². The Labute approximate surface area is 304 Å². The smallest absolute Gasteiger partial charge is 0.418 e. The molecule has 0 spiro atoms. The van der Waals surface area contributed by atoms with Gasteiger partial charge in [-0.25, -0.2) is 9.97 Å². The number of hydrogen-bond donors (Lipinski definition) is 1. The molecule has 1 aromatic heterocycles. The normalized spacial score (nSPS) is 19.3. The number of anilines is 2. The Kier molecular flexibility index (Phi) is 11.2. The van der Waals surface area contributed by atoms with Crippen molar-refractivity contribution < 1.29 is 37.2 Å². The number of nitrogens with zero attached hydrogens (tertiary/aromatic N) is 4. The van der Waals surface area contributed by atoms with Gasteiger partial charge in [-0.1, -0.05) is 47.6 Å². The third kappa shape index (κ3) is 8.66. The number of fused-ring (bicyclic) bond motifs is 1. The highest BCUT2D eigenvalue weighted by Crippen LogP contribution is 2.46. The third-order valence-corrected chi connectivity index (χ3v) is 9.80. The van der Waals surface area contributed by atoms with Crippen molar-refractivity contribution >= 4 is 34.9 Å². The number of benzene rings is 3. The van der Waals surface area contributed by atoms with Gasteiger partial charge < -0.3 is 33.9 Å². The number of rotatable bonds is 10. The Morgan fingerprint density at radius 3 is 2.22 bits per heavy atom. The Balaban J connectivity index is 1.40. The number of aromatic nitrogens is 2. The van der Waals surface area contributed by atoms with E-state index in [1.165, 1.54) is 17.8 Å². The van der Waals surface area contributed by atoms with E-state index in [9.17, 15) is 18.3 Å². The summed E-state index contributed by atoms with van der Waals surface area (Å²) in [7, 11) is 3.18. The third-order valence-electron chi connectivity index (χ3n) is 8.96. The largest absolute Gasteiger partial charge is 0.497 e. The summed E-state index contributed by atoms with van der Waals surface area (Å²) in [5.74, 6) is 1.98. The van der Waals surface area contributed by atoms with Crippen molar-refractivity contribution in [1.82, 2.24) is 9.97 Å². The molecule has 3 aromatic carbocycles. The van der Waals surface area contributed by atoms with Crippen LogP contribution in [0.5, 0.6) is 11.5 Å². The summed E-state index contributed by atoms with van der Waals surface area (Å²) in [5.41, 5.74) is 1.51. The minimum absolute atomic E-state index is 0.0238. The molecule has 6 rings (SSSR count). The maximum atomic E-state index is 14.8. The van der Waals surface area contributed by atoms with E-state index in [1.54, 1.807) is 27.2 Å². The predicted octanol–water partition coefficient (Wildman–Crippen LogP) is 7.50. The summed E-state index contributed by atoms with van der Waals surface area (Å²) < 4.78 is 67.0. The molecular formula is C37H40ClF3N4O5S. The van der Waals surface area contributed by atoms with Gasteiger partial charge in [0.1, 0.15) is 22.9 Å². The number of methoxy groups -OCH3 is 2. The zero-order chi connectivity index (χ0) is 36.3. The summed E-state index contributed by atoms with van der Waals surface area (Å²) >= 11 is 7.92. The van der Waals surface area contributed by atoms with Crippen LogP contribution in [0.3, 0.4) is 0 Å². The zero-order valence-corrected chi connectivity index (χ0v) is 30.4. The zero-order valence-electron chi connectivity index (χ0n) is 28.8. The molecule has 4 aromatic rings. The van der Waals surface area contributed by atoms with Crippen LogP contribution in [0.1, 0.15) is 46.5 Å². The van der Waals surface area contributed by atoms with E-state index in [0.717, 1.165) is 11.1 Å². The summed E-state index contributed by atoms with van der Waals surface area (Å²) in [6.45, 7) is 3.73. The van der Waals surface area contributed by atoms with Crippen molar-refractivity contribution in [2.75, 3.05) is 56.6 Å². The highest BCUT2D eigenvalue weighted by Gasteiger charge is 2.41. The molecule has 0 bridgehead atoms. The first kappa shape index (κ1) is 37.0. The van der Waals surface area contributed by atoms with Gasteiger partial charge in [-0.05, 0) is 66.3 Å². The van der Waals surface area contributed by atoms with Gasteiger partial charge in [0.05, 0.1) is 63.0 Å². The van der Waals surface area contributed by atoms with E-state index in [0.29, 0.717) is 65.7 Å². The molecule has 2 atom stereocenters. The van der Waals surface area contributed by atoms with Crippen LogP contribution in [0.2, 0.25) is 5.02 Å². The Morgan fingerprint density at radius 2 is 1.65 bits per heavy atom. The van der Waals surface area contributed by atoms with Crippen LogP contribution in [0.15, 0.2) is 65.8 Å². The molecule has 9 nitrogen and oxygen atoms in total. The molecule has 272 valence electrons. The number of ether oxygens (including phenoxy) is 4. The molecule has 51 heavy (non-hydrogen) atoms. The second kappa shape index (κ2) is 15.5. The molecule has 1 saturated heterocycles. The van der Waals surface area contributed by atoms with Gasteiger partial charge >= 0.3 is 6.18 Å². The number of alkyl halides is 3. The summed E-state index contributed by atoms with van der Waals surface area (Å²) in [6, 6.07) is 18.0. The van der Waals surface area contributed by atoms with Crippen LogP contribution < -0.4 is 19.3 Å². The molecule has 0 amide bonds. The van der Waals surface area contributed by atoms with E-state index < -0.39 is 28.5 Å². The SMILES string of the molecule is COc1ccc(CN(Cc2ccc(OC)cc2)c2cc(Cl)c(C(F)(F)F)c(C3Cc4nc(SC)nc(N5CCOC[C@@](C)(O)C5)c4CO3)c2)cc1. The second-order valence-corrected chi connectivity index (χ2v) is 14.1. The van der Waals surface area contributed by atoms with Crippen molar-refractivity contribution in [3.05, 3.63) is 99.2 Å². The number of hydrogen-bond acceptors (Lipinski definition) is 10. The summed E-state index contributed by atoms with van der Waals surface area (Å²) in [5, 5.41) is 10.9. The fourth-order valence-electron chi connectivity index (χ4n) is 6.46. The lowest BCUT2D eigenvalue weighted by Crippen LogP contribution is -2.43. The van der Waals surface area contributed by atoms with Gasteiger partial charge in [0.2, 0.25) is 0 Å². The van der Waals surface area contributed by atoms with Crippen molar-refractivity contribution in [3.8, 4) is 11.5 Å². The molecule has 0 saturated carbocycles. The average molecular weight is 745 g/mol. The Bertz CT molecular complexity index is 1780. The number of β-amino-alcohol motifs (C(OH)–C–C–N with tert-alkyl or cyclic N) is 1. The van der Waals surface area contributed by atoms with E-state index in [4.69, 9.17) is 40.5 Å². The molecular weight excluding hydrogens is 705 g/mol. The van der Waals surface area contributed by atoms with Crippen LogP contribution in [-0.2, 0) is 41.8 Å². The molecule has 1 unspecified atom stereocenters. The quantitative estimate of drug-likeness (QED) is 0.130. The first-order valence-corrected chi connectivity index (χ1v) is 18.0. The van der Waals surface area contributed by atoms with Gasteiger partial charge in [0.25, 0.3) is 0 Å². The lowest BCUT2D eigenvalue weighted by molar-refractivity contribution is -0.139. The van der Waals surface area contributed by atoms with Gasteiger partial charge in [-0.2, -0.15) is 13.2 Å². The molecule has 0 aliphatic carbocycles. The Morgan fingerprint density at radius 1 is 1.02 bits per heavy atom. The van der Waals surface area contributed by atoms with Crippen LogP contribution in [0.4, 0.5) is 24.7 Å². The monoisotopic (exact) mass is 744 g/mol. The Hall–Kier alpha value is -3.75. The summed E-state index contributed by atoms with van der Waals surface area (Å²) in [4.78, 5) is 13.4. The second-order valence-electron chi connectivity index (χ2n) is 12.9. The maximum Gasteiger partial charge on any atom is 0.418 e. The van der Waals surface area contributed by atoms with E-state index in [-0.39, 0.29) is 31.7 Å². The van der Waals surface area contributed by atoms with Crippen molar-refractivity contribution in [1.29, 1.82) is 0 Å². The first-order chi connectivity index (χ1) is 24.4. The molecule has 3 heterocycles. The van der Waals surface area contributed by atoms with Gasteiger partial charge in [-0.3, -0.25) is 0 Å². The van der Waals surface area contributed by atoms with Gasteiger partial charge in [0.15, 0.2) is 5.16 Å². The van der Waals surface area contributed by atoms with Crippen molar-refractivity contribution in [2.45, 2.75) is 56.1 Å². The number of thioether (sulfide) groups is 1. The van der Waals surface area contributed by atoms with Crippen LogP contribution in [0.25, 0.3) is 0 Å². The van der Waals surface area contributed by atoms with Crippen molar-refractivity contribution in [3.63, 3.8) is 0 Å². The average Bonchev–Trinajstić information content (AvgIpc) is 3.30. The van der Waals surface area contributed by atoms with Gasteiger partial charge in [-0.15, -0.1) is 0 Å². The molecule has 1 N–H and O–H groups in total. The van der Waals surface area contributed by atoms with Crippen molar-refractivity contribution in [2.24, 2.45) is 0 Å².